The molecule has 6 atom stereocenters. The number of fused-ring (bicyclic) bond motifs is 2. The van der Waals surface area contributed by atoms with Crippen molar-refractivity contribution < 1.29 is 33.8 Å². The average molecular weight is 634 g/mol. The van der Waals surface area contributed by atoms with Crippen LogP contribution in [0.1, 0.15) is 82.3 Å². The number of aliphatic hydroxyl groups is 1. The number of amides is 3. The molecule has 3 amide bonds. The predicted octanol–water partition coefficient (Wildman–Crippen LogP) is 3.60. The third-order valence-electron chi connectivity index (χ3n) is 10.4. The number of cyclic esters (lactones) is 1. The molecule has 248 valence electrons. The third-order valence-corrected chi connectivity index (χ3v) is 10.4. The van der Waals surface area contributed by atoms with E-state index in [4.69, 9.17) is 9.47 Å². The molecular formula is C36H47N3O7. The smallest absolute Gasteiger partial charge is 0.313 e. The van der Waals surface area contributed by atoms with Crippen LogP contribution in [0.4, 0.5) is 0 Å². The van der Waals surface area contributed by atoms with Crippen LogP contribution in [0.3, 0.4) is 0 Å². The highest BCUT2D eigenvalue weighted by Gasteiger charge is 2.73. The fourth-order valence-electron chi connectivity index (χ4n) is 8.10. The van der Waals surface area contributed by atoms with Gasteiger partial charge in [0.05, 0.1) is 18.6 Å². The van der Waals surface area contributed by atoms with Crippen LogP contribution in [0.15, 0.2) is 54.6 Å². The van der Waals surface area contributed by atoms with Gasteiger partial charge in [0.25, 0.3) is 0 Å². The Labute approximate surface area is 271 Å². The topological polar surface area (TPSA) is 125 Å². The van der Waals surface area contributed by atoms with E-state index in [1.165, 1.54) is 0 Å². The molecule has 3 fully saturated rings. The van der Waals surface area contributed by atoms with Gasteiger partial charge < -0.3 is 29.7 Å². The van der Waals surface area contributed by atoms with Gasteiger partial charge in [-0.15, -0.1) is 0 Å². The molecule has 6 rings (SSSR count). The molecule has 10 heteroatoms. The van der Waals surface area contributed by atoms with Crippen LogP contribution in [0, 0.1) is 11.8 Å². The molecule has 1 spiro atoms. The molecule has 1 aromatic rings. The molecule has 2 N–H and O–H groups in total. The molecule has 4 heterocycles. The monoisotopic (exact) mass is 633 g/mol. The number of ether oxygens (including phenoxy) is 2. The van der Waals surface area contributed by atoms with Gasteiger partial charge in [0, 0.05) is 32.2 Å². The van der Waals surface area contributed by atoms with E-state index in [-0.39, 0.29) is 43.3 Å². The molecule has 0 unspecified atom stereocenters. The van der Waals surface area contributed by atoms with E-state index in [1.807, 2.05) is 59.5 Å². The molecule has 46 heavy (non-hydrogen) atoms. The summed E-state index contributed by atoms with van der Waals surface area (Å²) in [5.41, 5.74) is -0.518. The number of aliphatic hydroxyl groups excluding tert-OH is 1. The van der Waals surface area contributed by atoms with Crippen LogP contribution in [0.25, 0.3) is 0 Å². The summed E-state index contributed by atoms with van der Waals surface area (Å²) in [6.45, 7) is 0.980. The Bertz CT molecular complexity index is 1330. The van der Waals surface area contributed by atoms with Crippen LogP contribution < -0.4 is 5.32 Å². The molecule has 5 aliphatic rings. The summed E-state index contributed by atoms with van der Waals surface area (Å²) in [7, 11) is 0. The predicted molar refractivity (Wildman–Crippen MR) is 170 cm³/mol. The van der Waals surface area contributed by atoms with Gasteiger partial charge in [-0.1, -0.05) is 86.7 Å². The van der Waals surface area contributed by atoms with Crippen molar-refractivity contribution >= 4 is 23.7 Å². The lowest BCUT2D eigenvalue weighted by molar-refractivity contribution is -0.160. The Morgan fingerprint density at radius 3 is 2.50 bits per heavy atom. The first-order chi connectivity index (χ1) is 22.4. The Hall–Kier alpha value is -3.50. The number of unbranched alkanes of at least 4 members (excludes halogenated alkanes) is 3. The minimum Gasteiger partial charge on any atom is -0.455 e. The van der Waals surface area contributed by atoms with E-state index in [0.29, 0.717) is 32.4 Å². The molecule has 1 aliphatic carbocycles. The summed E-state index contributed by atoms with van der Waals surface area (Å²) in [6, 6.07) is 8.43. The number of carbonyl (C=O) groups excluding carboxylic acids is 4. The van der Waals surface area contributed by atoms with Crippen molar-refractivity contribution in [1.82, 2.24) is 15.1 Å². The molecule has 2 saturated heterocycles. The fraction of sp³-hybridized carbons (Fsp3) is 0.611. The number of hydrogen-bond acceptors (Lipinski definition) is 7. The number of nitrogens with zero attached hydrogens (tertiary/aromatic N) is 2. The van der Waals surface area contributed by atoms with Gasteiger partial charge in [-0.05, 0) is 37.7 Å². The maximum atomic E-state index is 14.9. The standard InChI is InChI=1S/C36H47N3O7/c40-23-13-2-1-11-22-39-32-34(43)38(26-16-8-4-9-17-26)21-12-5-10-18-29(41)37-24-28(25-14-6-3-7-15-25)45-35(44)30-27-19-20-36(32,46-27)31(30)33(39)42/h3,5-7,12,14-15,19-20,26-28,30-32,40H,1-2,4,8-11,13,16-18,21-24H2,(H,37,41)/b12-5-/t27-,28-,30+,31+,32-,36+/m0/s1. The summed E-state index contributed by atoms with van der Waals surface area (Å²) in [5.74, 6) is -2.91. The third kappa shape index (κ3) is 6.38. The Morgan fingerprint density at radius 1 is 0.935 bits per heavy atom. The van der Waals surface area contributed by atoms with E-state index >= 15 is 0 Å². The number of allylic oxidation sites excluding steroid dienone is 1. The minimum absolute atomic E-state index is 0.0446. The van der Waals surface area contributed by atoms with Crippen molar-refractivity contribution in [2.75, 3.05) is 26.2 Å². The first kappa shape index (κ1) is 32.4. The lowest BCUT2D eigenvalue weighted by atomic mass is 9.74. The molecule has 1 aromatic carbocycles. The summed E-state index contributed by atoms with van der Waals surface area (Å²) >= 11 is 0. The molecule has 1 saturated carbocycles. The first-order valence-corrected chi connectivity index (χ1v) is 17.2. The maximum Gasteiger partial charge on any atom is 0.313 e. The van der Waals surface area contributed by atoms with Gasteiger partial charge >= 0.3 is 5.97 Å². The highest BCUT2D eigenvalue weighted by molar-refractivity contribution is 5.99. The second-order valence-electron chi connectivity index (χ2n) is 13.3. The van der Waals surface area contributed by atoms with Gasteiger partial charge in [0.15, 0.2) is 0 Å². The van der Waals surface area contributed by atoms with Gasteiger partial charge in [-0.2, -0.15) is 0 Å². The SMILES string of the molecule is O=C1CC/C=C\CN(C2CCCCC2)C(=O)[C@@H]2N(CCCCCCO)C(=O)[C@H]3[C@H](C(=O)O[C@H](c4ccccc4)CN1)[C@@H]1C=C[C@]23O1. The van der Waals surface area contributed by atoms with E-state index in [1.54, 1.807) is 4.90 Å². The van der Waals surface area contributed by atoms with Crippen LogP contribution in [-0.2, 0) is 28.7 Å². The lowest BCUT2D eigenvalue weighted by Gasteiger charge is -2.40. The fourth-order valence-corrected chi connectivity index (χ4v) is 8.10. The van der Waals surface area contributed by atoms with Crippen molar-refractivity contribution in [2.45, 2.75) is 101 Å². The average Bonchev–Trinajstić information content (AvgIpc) is 3.72. The Balaban J connectivity index is 1.36. The number of carbonyl (C=O) groups is 4. The van der Waals surface area contributed by atoms with Crippen LogP contribution in [-0.4, -0.2) is 88.6 Å². The highest BCUT2D eigenvalue weighted by atomic mass is 16.6. The van der Waals surface area contributed by atoms with Crippen LogP contribution >= 0.6 is 0 Å². The lowest BCUT2D eigenvalue weighted by Crippen LogP contribution is -2.58. The van der Waals surface area contributed by atoms with Crippen LogP contribution in [0.5, 0.6) is 0 Å². The summed E-state index contributed by atoms with van der Waals surface area (Å²) in [4.78, 5) is 59.7. The summed E-state index contributed by atoms with van der Waals surface area (Å²) < 4.78 is 12.7. The molecule has 4 aliphatic heterocycles. The van der Waals surface area contributed by atoms with Gasteiger partial charge in [0.2, 0.25) is 17.7 Å². The minimum atomic E-state index is -1.26. The maximum absolute atomic E-state index is 14.9. The van der Waals surface area contributed by atoms with E-state index in [2.05, 4.69) is 5.32 Å². The zero-order chi connectivity index (χ0) is 32.1. The normalized spacial score (nSPS) is 32.8. The highest BCUT2D eigenvalue weighted by Crippen LogP contribution is 2.56. The summed E-state index contributed by atoms with van der Waals surface area (Å²) in [6.07, 6.45) is 15.0. The Kier molecular flexibility index (Phi) is 10.2. The van der Waals surface area contributed by atoms with Crippen molar-refractivity contribution in [3.8, 4) is 0 Å². The largest absolute Gasteiger partial charge is 0.455 e. The zero-order valence-electron chi connectivity index (χ0n) is 26.6. The van der Waals surface area contributed by atoms with E-state index < -0.39 is 41.7 Å². The number of rotatable bonds is 8. The second kappa shape index (κ2) is 14.5. The first-order valence-electron chi connectivity index (χ1n) is 17.2. The van der Waals surface area contributed by atoms with Crippen molar-refractivity contribution in [2.24, 2.45) is 11.8 Å². The Morgan fingerprint density at radius 2 is 1.72 bits per heavy atom. The van der Waals surface area contributed by atoms with Gasteiger partial charge in [-0.3, -0.25) is 19.2 Å². The van der Waals surface area contributed by atoms with E-state index in [0.717, 1.165) is 50.5 Å². The molecule has 0 radical (unpaired) electrons. The van der Waals surface area contributed by atoms with E-state index in [9.17, 15) is 24.3 Å². The quantitative estimate of drug-likeness (QED) is 0.255. The van der Waals surface area contributed by atoms with Crippen molar-refractivity contribution in [3.63, 3.8) is 0 Å². The summed E-state index contributed by atoms with van der Waals surface area (Å²) in [5, 5.41) is 12.2. The number of likely N-dealkylation sites (tertiary alicyclic amines) is 1. The van der Waals surface area contributed by atoms with Crippen molar-refractivity contribution in [1.29, 1.82) is 0 Å². The van der Waals surface area contributed by atoms with Gasteiger partial charge in [0.1, 0.15) is 23.7 Å². The zero-order valence-corrected chi connectivity index (χ0v) is 26.6. The number of esters is 1. The van der Waals surface area contributed by atoms with Gasteiger partial charge in [-0.25, -0.2) is 0 Å². The molecule has 0 aromatic heterocycles. The molecular weight excluding hydrogens is 586 g/mol. The number of hydrogen-bond donors (Lipinski definition) is 2. The number of nitrogens with one attached hydrogen (secondary N) is 1. The molecule has 5 bridgehead atoms. The number of benzene rings is 1. The molecule has 10 nitrogen and oxygen atoms in total. The second-order valence-corrected chi connectivity index (χ2v) is 13.3. The van der Waals surface area contributed by atoms with Crippen LogP contribution in [0.2, 0.25) is 0 Å². The van der Waals surface area contributed by atoms with Crippen molar-refractivity contribution in [3.05, 3.63) is 60.2 Å².